The van der Waals surface area contributed by atoms with E-state index >= 15 is 0 Å². The third-order valence-electron chi connectivity index (χ3n) is 6.46. The summed E-state index contributed by atoms with van der Waals surface area (Å²) in [6.07, 6.45) is 6.30. The van der Waals surface area contributed by atoms with Crippen molar-refractivity contribution >= 4 is 45.2 Å². The molecule has 2 fully saturated rings. The van der Waals surface area contributed by atoms with Crippen molar-refractivity contribution in [3.63, 3.8) is 0 Å². The Bertz CT molecular complexity index is 822. The summed E-state index contributed by atoms with van der Waals surface area (Å²) in [5.41, 5.74) is 2.72. The maximum Gasteiger partial charge on any atom is 0.144 e. The van der Waals surface area contributed by atoms with Crippen molar-refractivity contribution < 1.29 is 4.74 Å². The maximum absolute atomic E-state index is 6.85. The lowest BCUT2D eigenvalue weighted by atomic mass is 9.98. The van der Waals surface area contributed by atoms with Gasteiger partial charge >= 0.3 is 0 Å². The van der Waals surface area contributed by atoms with Crippen LogP contribution in [0.15, 0.2) is 24.3 Å². The molecule has 0 radical (unpaired) electrons. The van der Waals surface area contributed by atoms with E-state index in [0.29, 0.717) is 18.2 Å². The third-order valence-corrected chi connectivity index (χ3v) is 9.33. The molecule has 3 aliphatic heterocycles. The normalized spacial score (nSPS) is 30.7. The number of piperidine rings is 1. The number of ether oxygens (including phenoxy) is 1. The molecule has 0 aliphatic carbocycles. The van der Waals surface area contributed by atoms with Crippen LogP contribution in [0.2, 0.25) is 0 Å². The van der Waals surface area contributed by atoms with Gasteiger partial charge in [-0.05, 0) is 95.5 Å². The minimum Gasteiger partial charge on any atom is -0.362 e. The van der Waals surface area contributed by atoms with Gasteiger partial charge in [-0.25, -0.2) is 4.98 Å². The number of benzene rings is 1. The van der Waals surface area contributed by atoms with Crippen molar-refractivity contribution in [1.82, 2.24) is 14.5 Å². The topological polar surface area (TPSA) is 30.3 Å². The van der Waals surface area contributed by atoms with Gasteiger partial charge in [-0.15, -0.1) is 0 Å². The van der Waals surface area contributed by atoms with E-state index in [1.807, 2.05) is 0 Å². The number of imidazole rings is 1. The molecule has 4 nitrogen and oxygen atoms in total. The van der Waals surface area contributed by atoms with Gasteiger partial charge in [-0.2, -0.15) is 0 Å². The molecule has 3 atom stereocenters. The van der Waals surface area contributed by atoms with Gasteiger partial charge in [0.15, 0.2) is 0 Å². The molecule has 5 rings (SSSR count). The summed E-state index contributed by atoms with van der Waals surface area (Å²) in [4.78, 5) is 7.51. The number of hydrogen-bond acceptors (Lipinski definition) is 3. The van der Waals surface area contributed by atoms with Crippen molar-refractivity contribution in [2.24, 2.45) is 0 Å². The first-order valence-electron chi connectivity index (χ1n) is 9.48. The second kappa shape index (κ2) is 7.00. The summed E-state index contributed by atoms with van der Waals surface area (Å²) >= 11 is 4.79. The molecule has 3 aliphatic rings. The summed E-state index contributed by atoms with van der Waals surface area (Å²) in [6, 6.07) is 10.2. The van der Waals surface area contributed by atoms with E-state index in [0.717, 1.165) is 35.3 Å². The molecule has 138 valence electrons. The Kier molecular flexibility index (Phi) is 4.82. The molecule has 0 N–H and O–H groups in total. The highest BCUT2D eigenvalue weighted by Crippen LogP contribution is 2.40. The average Bonchev–Trinajstić information content (AvgIpc) is 2.97. The number of aromatic nitrogens is 2. The molecule has 6 heteroatoms. The highest BCUT2D eigenvalue weighted by atomic mass is 127. The SMILES string of the molecule is CN1C2CCC1CC(OC1c3ccccc3CCn3c1nc(I)c3I)C2. The smallest absolute Gasteiger partial charge is 0.144 e. The van der Waals surface area contributed by atoms with Crippen LogP contribution in [0.3, 0.4) is 0 Å². The van der Waals surface area contributed by atoms with E-state index in [1.165, 1.54) is 27.7 Å². The van der Waals surface area contributed by atoms with Gasteiger partial charge in [-0.1, -0.05) is 24.3 Å². The first-order valence-corrected chi connectivity index (χ1v) is 11.6. The van der Waals surface area contributed by atoms with Gasteiger partial charge in [0.1, 0.15) is 19.3 Å². The minimum absolute atomic E-state index is 0.0430. The second-order valence-electron chi connectivity index (χ2n) is 7.81. The molecule has 0 saturated carbocycles. The maximum atomic E-state index is 6.85. The van der Waals surface area contributed by atoms with Gasteiger partial charge in [0.05, 0.1) is 6.10 Å². The van der Waals surface area contributed by atoms with Gasteiger partial charge in [-0.3, -0.25) is 0 Å². The molecule has 4 heterocycles. The molecule has 1 aromatic heterocycles. The van der Waals surface area contributed by atoms with Gasteiger partial charge < -0.3 is 14.2 Å². The lowest BCUT2D eigenvalue weighted by molar-refractivity contribution is -0.0461. The number of rotatable bonds is 2. The van der Waals surface area contributed by atoms with Crippen LogP contribution in [-0.4, -0.2) is 39.7 Å². The number of aryl methyl sites for hydroxylation is 1. The number of halogens is 2. The lowest BCUT2D eigenvalue weighted by Gasteiger charge is -2.37. The minimum atomic E-state index is -0.0430. The van der Waals surface area contributed by atoms with Gasteiger partial charge in [0, 0.05) is 18.6 Å². The van der Waals surface area contributed by atoms with Crippen molar-refractivity contribution in [2.75, 3.05) is 7.05 Å². The zero-order valence-corrected chi connectivity index (χ0v) is 19.2. The Labute approximate surface area is 182 Å². The van der Waals surface area contributed by atoms with Crippen molar-refractivity contribution in [3.8, 4) is 0 Å². The van der Waals surface area contributed by atoms with E-state index < -0.39 is 0 Å². The first kappa shape index (κ1) is 17.9. The molecular weight excluding hydrogens is 552 g/mol. The zero-order chi connectivity index (χ0) is 17.8. The second-order valence-corrected chi connectivity index (χ2v) is 9.86. The van der Waals surface area contributed by atoms with Crippen LogP contribution in [-0.2, 0) is 17.7 Å². The average molecular weight is 575 g/mol. The highest BCUT2D eigenvalue weighted by Gasteiger charge is 2.41. The predicted molar refractivity (Wildman–Crippen MR) is 118 cm³/mol. The molecule has 3 unspecified atom stereocenters. The van der Waals surface area contributed by atoms with Crippen LogP contribution in [0.5, 0.6) is 0 Å². The van der Waals surface area contributed by atoms with Crippen LogP contribution < -0.4 is 0 Å². The van der Waals surface area contributed by atoms with E-state index in [4.69, 9.17) is 9.72 Å². The van der Waals surface area contributed by atoms with Gasteiger partial charge in [0.25, 0.3) is 0 Å². The summed E-state index contributed by atoms with van der Waals surface area (Å²) in [5.74, 6) is 1.09. The Balaban J connectivity index is 1.52. The first-order chi connectivity index (χ1) is 12.6. The van der Waals surface area contributed by atoms with E-state index in [9.17, 15) is 0 Å². The summed E-state index contributed by atoms with van der Waals surface area (Å²) in [7, 11) is 2.29. The van der Waals surface area contributed by atoms with Crippen LogP contribution in [0.1, 0.15) is 48.7 Å². The largest absolute Gasteiger partial charge is 0.362 e. The Morgan fingerprint density at radius 2 is 1.85 bits per heavy atom. The van der Waals surface area contributed by atoms with Crippen LogP contribution >= 0.6 is 45.2 Å². The number of fused-ring (bicyclic) bond motifs is 4. The van der Waals surface area contributed by atoms with Crippen molar-refractivity contribution in [3.05, 3.63) is 48.6 Å². The molecule has 1 aromatic carbocycles. The fourth-order valence-electron chi connectivity index (χ4n) is 5.02. The standard InChI is InChI=1S/C20H23I2N3O/c1-24-13-6-7-14(24)11-15(10-13)26-17-16-5-3-2-4-12(16)8-9-25-19(22)18(21)23-20(17)25/h2-5,13-15,17H,6-11H2,1H3. The zero-order valence-electron chi connectivity index (χ0n) is 14.9. The monoisotopic (exact) mass is 575 g/mol. The van der Waals surface area contributed by atoms with Crippen molar-refractivity contribution in [2.45, 2.75) is 62.9 Å². The van der Waals surface area contributed by atoms with Crippen molar-refractivity contribution in [1.29, 1.82) is 0 Å². The summed E-state index contributed by atoms with van der Waals surface area (Å²) in [5, 5.41) is 0. The Hall–Kier alpha value is -0.190. The fraction of sp³-hybridized carbons (Fsp3) is 0.550. The predicted octanol–water partition coefficient (Wildman–Crippen LogP) is 4.38. The number of nitrogens with zero attached hydrogens (tertiary/aromatic N) is 3. The van der Waals surface area contributed by atoms with Gasteiger partial charge in [0.2, 0.25) is 0 Å². The number of hydrogen-bond donors (Lipinski definition) is 0. The third kappa shape index (κ3) is 2.95. The van der Waals surface area contributed by atoms with E-state index in [1.54, 1.807) is 0 Å². The molecular formula is C20H23I2N3O. The van der Waals surface area contributed by atoms with E-state index in [2.05, 4.69) is 86.0 Å². The van der Waals surface area contributed by atoms with Crippen LogP contribution in [0.4, 0.5) is 0 Å². The van der Waals surface area contributed by atoms with Crippen LogP contribution in [0.25, 0.3) is 0 Å². The molecule has 26 heavy (non-hydrogen) atoms. The highest BCUT2D eigenvalue weighted by molar-refractivity contribution is 14.1. The van der Waals surface area contributed by atoms with Crippen LogP contribution in [0, 0.1) is 7.40 Å². The molecule has 0 amide bonds. The lowest BCUT2D eigenvalue weighted by Crippen LogP contribution is -2.43. The summed E-state index contributed by atoms with van der Waals surface area (Å²) < 4.78 is 11.5. The van der Waals surface area contributed by atoms with E-state index in [-0.39, 0.29) is 6.10 Å². The fourth-order valence-corrected chi connectivity index (χ4v) is 6.17. The quantitative estimate of drug-likeness (QED) is 0.499. The molecule has 2 aromatic rings. The Morgan fingerprint density at radius 3 is 2.62 bits per heavy atom. The molecule has 2 bridgehead atoms. The molecule has 0 spiro atoms. The summed E-state index contributed by atoms with van der Waals surface area (Å²) in [6.45, 7) is 0.985. The molecule has 2 saturated heterocycles. The Morgan fingerprint density at radius 1 is 1.12 bits per heavy atom.